The lowest BCUT2D eigenvalue weighted by molar-refractivity contribution is -0.115. The molecule has 0 fully saturated rings. The van der Waals surface area contributed by atoms with Crippen LogP contribution in [0.2, 0.25) is 0 Å². The molecule has 7 heteroatoms. The molecule has 0 spiro atoms. The van der Waals surface area contributed by atoms with Crippen LogP contribution in [0.25, 0.3) is 11.0 Å². The molecule has 0 bridgehead atoms. The summed E-state index contributed by atoms with van der Waals surface area (Å²) in [6.45, 7) is 2.07. The van der Waals surface area contributed by atoms with E-state index in [1.165, 1.54) is 29.8 Å². The first-order valence-electron chi connectivity index (χ1n) is 7.78. The highest BCUT2D eigenvalue weighted by atomic mass is 32.2. The van der Waals surface area contributed by atoms with Crippen molar-refractivity contribution in [1.29, 1.82) is 0 Å². The number of carbonyl (C=O) groups is 1. The predicted octanol–water partition coefficient (Wildman–Crippen LogP) is 2.82. The van der Waals surface area contributed by atoms with E-state index in [0.29, 0.717) is 5.69 Å². The molecule has 1 heterocycles. The Labute approximate surface area is 145 Å². The van der Waals surface area contributed by atoms with Gasteiger partial charge in [0.25, 0.3) is 0 Å². The van der Waals surface area contributed by atoms with Crippen LogP contribution in [0, 0.1) is 0 Å². The van der Waals surface area contributed by atoms with Gasteiger partial charge in [-0.3, -0.25) is 4.79 Å². The van der Waals surface area contributed by atoms with E-state index in [4.69, 9.17) is 9.56 Å². The molecule has 0 radical (unpaired) electrons. The molecule has 0 saturated carbocycles. The van der Waals surface area contributed by atoms with Gasteiger partial charge in [0.2, 0.25) is 15.9 Å². The number of hydrogen-bond acceptors (Lipinski definition) is 4. The number of benzene rings is 2. The van der Waals surface area contributed by atoms with Crippen LogP contribution in [-0.4, -0.2) is 14.3 Å². The van der Waals surface area contributed by atoms with Crippen LogP contribution in [0.5, 0.6) is 0 Å². The lowest BCUT2D eigenvalue weighted by Crippen LogP contribution is -2.15. The average Bonchev–Trinajstić information content (AvgIpc) is 2.96. The van der Waals surface area contributed by atoms with E-state index in [9.17, 15) is 13.2 Å². The zero-order chi connectivity index (χ0) is 18.0. The van der Waals surface area contributed by atoms with Gasteiger partial charge in [-0.1, -0.05) is 19.1 Å². The third kappa shape index (κ3) is 3.89. The molecule has 3 N–H and O–H groups in total. The van der Waals surface area contributed by atoms with Crippen molar-refractivity contribution in [2.75, 3.05) is 5.32 Å². The Morgan fingerprint density at radius 1 is 1.16 bits per heavy atom. The van der Waals surface area contributed by atoms with Crippen molar-refractivity contribution < 1.29 is 17.6 Å². The lowest BCUT2D eigenvalue weighted by atomic mass is 10.1. The van der Waals surface area contributed by atoms with E-state index < -0.39 is 10.0 Å². The van der Waals surface area contributed by atoms with E-state index in [-0.39, 0.29) is 17.2 Å². The molecule has 6 nitrogen and oxygen atoms in total. The number of hydrogen-bond donors (Lipinski definition) is 2. The highest BCUT2D eigenvalue weighted by molar-refractivity contribution is 7.89. The second-order valence-electron chi connectivity index (χ2n) is 5.74. The molecule has 1 amide bonds. The number of carbonyl (C=O) groups excluding carboxylic acids is 1. The first-order chi connectivity index (χ1) is 11.9. The maximum atomic E-state index is 12.2. The van der Waals surface area contributed by atoms with Gasteiger partial charge in [-0.2, -0.15) is 0 Å². The Morgan fingerprint density at radius 2 is 1.88 bits per heavy atom. The molecule has 3 rings (SSSR count). The Hall–Kier alpha value is -2.64. The summed E-state index contributed by atoms with van der Waals surface area (Å²) in [6.07, 6.45) is 2.67. The number of aryl methyl sites for hydroxylation is 1. The third-order valence-corrected chi connectivity index (χ3v) is 4.88. The number of anilines is 1. The van der Waals surface area contributed by atoms with Crippen LogP contribution in [0.4, 0.5) is 5.69 Å². The fourth-order valence-corrected chi connectivity index (χ4v) is 3.11. The Bertz CT molecular complexity index is 1020. The highest BCUT2D eigenvalue weighted by Crippen LogP contribution is 2.23. The fraction of sp³-hybridized carbons (Fsp3) is 0.167. The van der Waals surface area contributed by atoms with Crippen LogP contribution in [-0.2, 0) is 27.7 Å². The zero-order valence-corrected chi connectivity index (χ0v) is 14.5. The van der Waals surface area contributed by atoms with E-state index in [0.717, 1.165) is 23.0 Å². The minimum atomic E-state index is -3.74. The van der Waals surface area contributed by atoms with Crippen molar-refractivity contribution in [3.8, 4) is 0 Å². The summed E-state index contributed by atoms with van der Waals surface area (Å²) in [6, 6.07) is 11.7. The van der Waals surface area contributed by atoms with Crippen molar-refractivity contribution in [3.63, 3.8) is 0 Å². The van der Waals surface area contributed by atoms with Gasteiger partial charge in [0, 0.05) is 16.6 Å². The minimum Gasteiger partial charge on any atom is -0.464 e. The van der Waals surface area contributed by atoms with Crippen LogP contribution < -0.4 is 10.5 Å². The number of sulfonamides is 1. The van der Waals surface area contributed by atoms with E-state index >= 15 is 0 Å². The van der Waals surface area contributed by atoms with Crippen molar-refractivity contribution in [2.45, 2.75) is 24.7 Å². The summed E-state index contributed by atoms with van der Waals surface area (Å²) < 4.78 is 28.0. The second-order valence-corrected chi connectivity index (χ2v) is 7.30. The van der Waals surface area contributed by atoms with Crippen molar-refractivity contribution in [2.24, 2.45) is 5.14 Å². The SMILES string of the molecule is CCc1ccc2c(CC(=O)Nc3ccc(S(N)(=O)=O)cc3)coc2c1. The Kier molecular flexibility index (Phi) is 4.61. The van der Waals surface area contributed by atoms with Gasteiger partial charge in [-0.15, -0.1) is 0 Å². The maximum Gasteiger partial charge on any atom is 0.238 e. The van der Waals surface area contributed by atoms with Crippen LogP contribution >= 0.6 is 0 Å². The smallest absolute Gasteiger partial charge is 0.238 e. The standard InChI is InChI=1S/C18H18N2O4S/c1-2-12-3-8-16-13(11-24-17(16)9-12)10-18(21)20-14-4-6-15(7-5-14)25(19,22)23/h3-9,11H,2,10H2,1H3,(H,20,21)(H2,19,22,23). The molecule has 25 heavy (non-hydrogen) atoms. The van der Waals surface area contributed by atoms with Crippen molar-refractivity contribution >= 4 is 32.6 Å². The van der Waals surface area contributed by atoms with Gasteiger partial charge in [0.15, 0.2) is 0 Å². The Balaban J connectivity index is 1.72. The average molecular weight is 358 g/mol. The Morgan fingerprint density at radius 3 is 2.52 bits per heavy atom. The number of primary sulfonamides is 1. The minimum absolute atomic E-state index is 0.00180. The molecule has 2 aromatic carbocycles. The first kappa shape index (κ1) is 17.2. The number of fused-ring (bicyclic) bond motifs is 1. The molecule has 0 atom stereocenters. The molecule has 130 valence electrons. The molecular weight excluding hydrogens is 340 g/mol. The topological polar surface area (TPSA) is 102 Å². The van der Waals surface area contributed by atoms with E-state index in [1.807, 2.05) is 18.2 Å². The summed E-state index contributed by atoms with van der Waals surface area (Å²) in [5.74, 6) is -0.217. The third-order valence-electron chi connectivity index (χ3n) is 3.95. The quantitative estimate of drug-likeness (QED) is 0.732. The molecule has 0 aliphatic carbocycles. The monoisotopic (exact) mass is 358 g/mol. The van der Waals surface area contributed by atoms with Gasteiger partial charge in [0.1, 0.15) is 5.58 Å². The number of amides is 1. The molecule has 3 aromatic rings. The number of nitrogens with one attached hydrogen (secondary N) is 1. The number of rotatable bonds is 5. The number of nitrogens with two attached hydrogens (primary N) is 1. The van der Waals surface area contributed by atoms with Gasteiger partial charge in [-0.25, -0.2) is 13.6 Å². The molecular formula is C18H18N2O4S. The van der Waals surface area contributed by atoms with Crippen LogP contribution in [0.3, 0.4) is 0 Å². The van der Waals surface area contributed by atoms with Gasteiger partial charge in [0.05, 0.1) is 17.6 Å². The molecule has 1 aromatic heterocycles. The maximum absolute atomic E-state index is 12.2. The van der Waals surface area contributed by atoms with Crippen LogP contribution in [0.1, 0.15) is 18.1 Å². The summed E-state index contributed by atoms with van der Waals surface area (Å²) in [4.78, 5) is 12.2. The highest BCUT2D eigenvalue weighted by Gasteiger charge is 2.12. The molecule has 0 aliphatic heterocycles. The zero-order valence-electron chi connectivity index (χ0n) is 13.7. The van der Waals surface area contributed by atoms with Gasteiger partial charge in [-0.05, 0) is 42.3 Å². The number of furan rings is 1. The normalized spacial score (nSPS) is 11.6. The summed E-state index contributed by atoms with van der Waals surface area (Å²) in [5.41, 5.74) is 3.24. The van der Waals surface area contributed by atoms with Gasteiger partial charge < -0.3 is 9.73 Å². The van der Waals surface area contributed by atoms with Crippen molar-refractivity contribution in [3.05, 3.63) is 59.9 Å². The molecule has 0 aliphatic rings. The predicted molar refractivity (Wildman–Crippen MR) is 95.7 cm³/mol. The van der Waals surface area contributed by atoms with Crippen LogP contribution in [0.15, 0.2) is 58.0 Å². The molecule has 0 unspecified atom stereocenters. The second kappa shape index (κ2) is 6.70. The molecule has 0 saturated heterocycles. The van der Waals surface area contributed by atoms with Gasteiger partial charge >= 0.3 is 0 Å². The summed E-state index contributed by atoms with van der Waals surface area (Å²) in [7, 11) is -3.74. The van der Waals surface area contributed by atoms with E-state index in [1.54, 1.807) is 6.26 Å². The summed E-state index contributed by atoms with van der Waals surface area (Å²) in [5, 5.41) is 8.69. The van der Waals surface area contributed by atoms with E-state index in [2.05, 4.69) is 12.2 Å². The summed E-state index contributed by atoms with van der Waals surface area (Å²) >= 11 is 0. The fourth-order valence-electron chi connectivity index (χ4n) is 2.59. The van der Waals surface area contributed by atoms with Crippen molar-refractivity contribution in [1.82, 2.24) is 0 Å². The largest absolute Gasteiger partial charge is 0.464 e. The first-order valence-corrected chi connectivity index (χ1v) is 9.33. The lowest BCUT2D eigenvalue weighted by Gasteiger charge is -2.05.